The number of benzene rings is 2. The van der Waals surface area contributed by atoms with Crippen molar-refractivity contribution >= 4 is 28.5 Å². The third kappa shape index (κ3) is 4.56. The van der Waals surface area contributed by atoms with Crippen LogP contribution in [0.1, 0.15) is 25.6 Å². The maximum atomic E-state index is 11.8. The highest BCUT2D eigenvalue weighted by atomic mass is 16.6. The predicted molar refractivity (Wildman–Crippen MR) is 135 cm³/mol. The average Bonchev–Trinajstić information content (AvgIpc) is 3.39. The summed E-state index contributed by atoms with van der Waals surface area (Å²) in [6.07, 6.45) is 0.126. The van der Waals surface area contributed by atoms with E-state index in [2.05, 4.69) is 15.3 Å². The number of carbonyl (C=O) groups is 1. The molecule has 4 aromatic rings. The molecule has 4 atom stereocenters. The standard InChI is InChI=1S/C27H28N4O5/c1-3-35-21(32)13-17-9-11-19(12-10-17)30-25-22-20(18-7-5-4-6-8-18)14-31(26(22)29-15-28-25)27-24(34)23(33)16(2)36-27/h4-12,14-16,23-24,27,33-34H,3,13H2,1-2H3,(H,28,29,30)/t16-,23-,24-,27-/m1/s1. The quantitative estimate of drug-likeness (QED) is 0.338. The molecule has 2 aromatic heterocycles. The monoisotopic (exact) mass is 488 g/mol. The highest BCUT2D eigenvalue weighted by Gasteiger charge is 2.42. The van der Waals surface area contributed by atoms with E-state index in [0.29, 0.717) is 18.1 Å². The summed E-state index contributed by atoms with van der Waals surface area (Å²) in [6.45, 7) is 3.87. The molecule has 1 fully saturated rings. The minimum Gasteiger partial charge on any atom is -0.466 e. The minimum atomic E-state index is -1.10. The molecule has 0 saturated carbocycles. The molecular weight excluding hydrogens is 460 g/mol. The van der Waals surface area contributed by atoms with Gasteiger partial charge in [-0.1, -0.05) is 42.5 Å². The van der Waals surface area contributed by atoms with E-state index < -0.39 is 24.5 Å². The van der Waals surface area contributed by atoms with Crippen LogP contribution in [0.4, 0.5) is 11.5 Å². The number of esters is 1. The van der Waals surface area contributed by atoms with Crippen molar-refractivity contribution in [1.82, 2.24) is 14.5 Å². The van der Waals surface area contributed by atoms with Crippen molar-refractivity contribution in [1.29, 1.82) is 0 Å². The van der Waals surface area contributed by atoms with Gasteiger partial charge in [0.15, 0.2) is 6.23 Å². The first-order chi connectivity index (χ1) is 17.5. The molecule has 1 saturated heterocycles. The topological polar surface area (TPSA) is 119 Å². The lowest BCUT2D eigenvalue weighted by molar-refractivity contribution is -0.142. The third-order valence-electron chi connectivity index (χ3n) is 6.32. The van der Waals surface area contributed by atoms with Gasteiger partial charge < -0.3 is 29.6 Å². The zero-order valence-corrected chi connectivity index (χ0v) is 20.0. The Morgan fingerprint density at radius 3 is 2.50 bits per heavy atom. The summed E-state index contributed by atoms with van der Waals surface area (Å²) in [5.41, 5.74) is 4.01. The van der Waals surface area contributed by atoms with Crippen LogP contribution < -0.4 is 5.32 Å². The summed E-state index contributed by atoms with van der Waals surface area (Å²) in [5, 5.41) is 25.1. The minimum absolute atomic E-state index is 0.209. The molecule has 3 N–H and O–H groups in total. The van der Waals surface area contributed by atoms with Crippen LogP contribution in [0.3, 0.4) is 0 Å². The van der Waals surface area contributed by atoms with Crippen LogP contribution in [0, 0.1) is 0 Å². The van der Waals surface area contributed by atoms with E-state index in [1.165, 1.54) is 6.33 Å². The molecule has 2 aromatic carbocycles. The molecule has 3 heterocycles. The zero-order chi connectivity index (χ0) is 25.2. The SMILES string of the molecule is CCOC(=O)Cc1ccc(Nc2ncnc3c2c(-c2ccccc2)cn3[C@@H]2O[C@H](C)[C@@H](O)[C@H]2O)cc1. The molecule has 0 bridgehead atoms. The lowest BCUT2D eigenvalue weighted by atomic mass is 10.1. The highest BCUT2D eigenvalue weighted by molar-refractivity contribution is 6.02. The molecular formula is C27H28N4O5. The molecule has 1 aliphatic heterocycles. The van der Waals surface area contributed by atoms with Gasteiger partial charge in [0.25, 0.3) is 0 Å². The van der Waals surface area contributed by atoms with Gasteiger partial charge in [0.1, 0.15) is 30.0 Å². The van der Waals surface area contributed by atoms with E-state index >= 15 is 0 Å². The number of rotatable bonds is 7. The molecule has 0 unspecified atom stereocenters. The summed E-state index contributed by atoms with van der Waals surface area (Å²) < 4.78 is 12.7. The van der Waals surface area contributed by atoms with Crippen molar-refractivity contribution in [2.24, 2.45) is 0 Å². The smallest absolute Gasteiger partial charge is 0.310 e. The average molecular weight is 489 g/mol. The van der Waals surface area contributed by atoms with Crippen molar-refractivity contribution in [2.75, 3.05) is 11.9 Å². The number of aromatic nitrogens is 3. The number of hydrogen-bond donors (Lipinski definition) is 3. The van der Waals surface area contributed by atoms with Crippen molar-refractivity contribution in [2.45, 2.75) is 44.8 Å². The lowest BCUT2D eigenvalue weighted by Crippen LogP contribution is -2.30. The Morgan fingerprint density at radius 2 is 1.83 bits per heavy atom. The molecule has 1 aliphatic rings. The zero-order valence-electron chi connectivity index (χ0n) is 20.0. The fourth-order valence-electron chi connectivity index (χ4n) is 4.49. The van der Waals surface area contributed by atoms with Crippen molar-refractivity contribution < 1.29 is 24.5 Å². The first-order valence-electron chi connectivity index (χ1n) is 11.9. The van der Waals surface area contributed by atoms with Crippen LogP contribution in [-0.4, -0.2) is 55.6 Å². The largest absolute Gasteiger partial charge is 0.466 e. The molecule has 186 valence electrons. The summed E-state index contributed by atoms with van der Waals surface area (Å²) in [6, 6.07) is 17.3. The number of hydrogen-bond acceptors (Lipinski definition) is 8. The Hall–Kier alpha value is -3.79. The molecule has 0 aliphatic carbocycles. The van der Waals surface area contributed by atoms with Crippen molar-refractivity contribution in [3.63, 3.8) is 0 Å². The maximum Gasteiger partial charge on any atom is 0.310 e. The molecule has 0 radical (unpaired) electrons. The first-order valence-corrected chi connectivity index (χ1v) is 11.9. The Bertz CT molecular complexity index is 1360. The van der Waals surface area contributed by atoms with E-state index in [9.17, 15) is 15.0 Å². The number of fused-ring (bicyclic) bond motifs is 1. The fourth-order valence-corrected chi connectivity index (χ4v) is 4.49. The van der Waals surface area contributed by atoms with E-state index in [1.807, 2.05) is 60.8 Å². The highest BCUT2D eigenvalue weighted by Crippen LogP contribution is 2.39. The molecule has 5 rings (SSSR count). The van der Waals surface area contributed by atoms with Gasteiger partial charge in [0.2, 0.25) is 0 Å². The molecule has 9 heteroatoms. The Balaban J connectivity index is 1.54. The van der Waals surface area contributed by atoms with Gasteiger partial charge in [0.05, 0.1) is 24.5 Å². The summed E-state index contributed by atoms with van der Waals surface area (Å²) in [5.74, 6) is 0.317. The fraction of sp³-hybridized carbons (Fsp3) is 0.296. The van der Waals surface area contributed by atoms with E-state index in [0.717, 1.165) is 27.8 Å². The Morgan fingerprint density at radius 1 is 1.08 bits per heavy atom. The van der Waals surface area contributed by atoms with E-state index in [1.54, 1.807) is 18.4 Å². The summed E-state index contributed by atoms with van der Waals surface area (Å²) >= 11 is 0. The van der Waals surface area contributed by atoms with Gasteiger partial charge in [-0.25, -0.2) is 9.97 Å². The second-order valence-corrected chi connectivity index (χ2v) is 8.75. The van der Waals surface area contributed by atoms with Crippen LogP contribution in [0.25, 0.3) is 22.2 Å². The van der Waals surface area contributed by atoms with Crippen LogP contribution in [-0.2, 0) is 20.7 Å². The summed E-state index contributed by atoms with van der Waals surface area (Å²) in [7, 11) is 0. The van der Waals surface area contributed by atoms with Crippen LogP contribution in [0.15, 0.2) is 67.1 Å². The molecule has 0 spiro atoms. The van der Waals surface area contributed by atoms with Gasteiger partial charge >= 0.3 is 5.97 Å². The van der Waals surface area contributed by atoms with Crippen LogP contribution in [0.2, 0.25) is 0 Å². The van der Waals surface area contributed by atoms with E-state index in [-0.39, 0.29) is 12.4 Å². The Kier molecular flexibility index (Phi) is 6.69. The number of anilines is 2. The number of ether oxygens (including phenoxy) is 2. The maximum absolute atomic E-state index is 11.8. The Labute approximate surface area is 208 Å². The van der Waals surface area contributed by atoms with E-state index in [4.69, 9.17) is 9.47 Å². The number of carbonyl (C=O) groups excluding carboxylic acids is 1. The van der Waals surface area contributed by atoms with Crippen LogP contribution in [0.5, 0.6) is 0 Å². The van der Waals surface area contributed by atoms with Gasteiger partial charge in [-0.15, -0.1) is 0 Å². The molecule has 0 amide bonds. The first kappa shape index (κ1) is 23.9. The van der Waals surface area contributed by atoms with Gasteiger partial charge in [-0.2, -0.15) is 0 Å². The van der Waals surface area contributed by atoms with Gasteiger partial charge in [-0.05, 0) is 37.1 Å². The van der Waals surface area contributed by atoms with Crippen molar-refractivity contribution in [3.05, 3.63) is 72.7 Å². The number of aliphatic hydroxyl groups excluding tert-OH is 2. The third-order valence-corrected chi connectivity index (χ3v) is 6.32. The van der Waals surface area contributed by atoms with Gasteiger partial charge in [0, 0.05) is 17.4 Å². The predicted octanol–water partition coefficient (Wildman–Crippen LogP) is 3.59. The summed E-state index contributed by atoms with van der Waals surface area (Å²) in [4.78, 5) is 20.8. The number of nitrogens with zero attached hydrogens (tertiary/aromatic N) is 3. The normalized spacial score (nSPS) is 21.6. The number of nitrogens with one attached hydrogen (secondary N) is 1. The second-order valence-electron chi connectivity index (χ2n) is 8.75. The van der Waals surface area contributed by atoms with Crippen LogP contribution >= 0.6 is 0 Å². The van der Waals surface area contributed by atoms with Gasteiger partial charge in [-0.3, -0.25) is 4.79 Å². The number of aliphatic hydroxyl groups is 2. The second kappa shape index (κ2) is 10.1. The van der Waals surface area contributed by atoms with Crippen molar-refractivity contribution in [3.8, 4) is 11.1 Å². The molecule has 36 heavy (non-hydrogen) atoms. The molecule has 9 nitrogen and oxygen atoms in total. The lowest BCUT2D eigenvalue weighted by Gasteiger charge is -2.17.